The molecule has 0 N–H and O–H groups in total. The van der Waals surface area contributed by atoms with E-state index in [0.29, 0.717) is 25.3 Å². The van der Waals surface area contributed by atoms with Gasteiger partial charge in [-0.05, 0) is 43.9 Å². The Morgan fingerprint density at radius 1 is 1.10 bits per heavy atom. The highest BCUT2D eigenvalue weighted by molar-refractivity contribution is 5.94. The molecule has 1 fully saturated rings. The highest BCUT2D eigenvalue weighted by Crippen LogP contribution is 2.17. The van der Waals surface area contributed by atoms with Crippen molar-refractivity contribution < 1.29 is 4.79 Å². The number of aryl methyl sites for hydroxylation is 3. The van der Waals surface area contributed by atoms with Crippen molar-refractivity contribution in [3.05, 3.63) is 63.5 Å². The van der Waals surface area contributed by atoms with Gasteiger partial charge in [0.2, 0.25) is 0 Å². The Morgan fingerprint density at radius 3 is 2.77 bits per heavy atom. The number of hydrogen-bond donors (Lipinski definition) is 0. The monoisotopic (exact) mass is 406 g/mol. The Balaban J connectivity index is 1.21. The fraction of sp³-hybridized carbons (Fsp3) is 0.455. The molecule has 0 saturated carbocycles. The van der Waals surface area contributed by atoms with Crippen LogP contribution >= 0.6 is 0 Å². The number of amides is 1. The second-order valence-corrected chi connectivity index (χ2v) is 8.14. The van der Waals surface area contributed by atoms with Gasteiger partial charge in [-0.3, -0.25) is 18.9 Å². The van der Waals surface area contributed by atoms with E-state index in [-0.39, 0.29) is 11.5 Å². The van der Waals surface area contributed by atoms with Gasteiger partial charge in [-0.1, -0.05) is 6.07 Å². The maximum atomic E-state index is 13.1. The van der Waals surface area contributed by atoms with Crippen molar-refractivity contribution in [3.8, 4) is 0 Å². The van der Waals surface area contributed by atoms with Gasteiger partial charge in [-0.15, -0.1) is 0 Å². The van der Waals surface area contributed by atoms with Crippen LogP contribution in [-0.2, 0) is 19.4 Å². The Morgan fingerprint density at radius 2 is 1.93 bits per heavy atom. The summed E-state index contributed by atoms with van der Waals surface area (Å²) in [5, 5.41) is 4.56. The molecule has 1 amide bonds. The first-order valence-electron chi connectivity index (χ1n) is 10.7. The van der Waals surface area contributed by atoms with Gasteiger partial charge in [0.15, 0.2) is 0 Å². The predicted molar refractivity (Wildman–Crippen MR) is 113 cm³/mol. The van der Waals surface area contributed by atoms with Crippen LogP contribution in [0.4, 0.5) is 0 Å². The molecule has 0 unspecified atom stereocenters. The zero-order valence-electron chi connectivity index (χ0n) is 17.3. The molecule has 0 atom stereocenters. The molecular weight excluding hydrogens is 380 g/mol. The van der Waals surface area contributed by atoms with Crippen LogP contribution in [0, 0.1) is 6.92 Å². The summed E-state index contributed by atoms with van der Waals surface area (Å²) in [4.78, 5) is 34.1. The molecule has 0 spiro atoms. The van der Waals surface area contributed by atoms with E-state index in [9.17, 15) is 9.59 Å². The molecule has 0 bridgehead atoms. The summed E-state index contributed by atoms with van der Waals surface area (Å²) in [6.07, 6.45) is 4.92. The fourth-order valence-electron chi connectivity index (χ4n) is 4.53. The van der Waals surface area contributed by atoms with Crippen LogP contribution in [0.5, 0.6) is 0 Å². The average Bonchev–Trinajstić information content (AvgIpc) is 3.34. The maximum absolute atomic E-state index is 13.1. The summed E-state index contributed by atoms with van der Waals surface area (Å²) >= 11 is 0. The van der Waals surface area contributed by atoms with Gasteiger partial charge in [0.25, 0.3) is 11.5 Å². The Kier molecular flexibility index (Phi) is 4.86. The van der Waals surface area contributed by atoms with Crippen LogP contribution in [0.25, 0.3) is 5.65 Å². The lowest BCUT2D eigenvalue weighted by Gasteiger charge is -2.34. The largest absolute Gasteiger partial charge is 0.335 e. The van der Waals surface area contributed by atoms with E-state index >= 15 is 0 Å². The first-order valence-corrected chi connectivity index (χ1v) is 10.7. The second kappa shape index (κ2) is 7.68. The SMILES string of the molecule is Cc1nc2ccccn2c1C(=O)N1CCN(CCn2nc3c(cc2=O)CCC3)CC1. The number of nitrogens with zero attached hydrogens (tertiary/aromatic N) is 6. The highest BCUT2D eigenvalue weighted by atomic mass is 16.2. The molecule has 8 nitrogen and oxygen atoms in total. The van der Waals surface area contributed by atoms with Gasteiger partial charge in [-0.25, -0.2) is 9.67 Å². The number of hydrogen-bond acceptors (Lipinski definition) is 5. The zero-order chi connectivity index (χ0) is 20.7. The van der Waals surface area contributed by atoms with Crippen LogP contribution in [-0.4, -0.2) is 67.6 Å². The first-order chi connectivity index (χ1) is 14.6. The van der Waals surface area contributed by atoms with Crippen LogP contribution in [0.1, 0.15) is 33.9 Å². The molecule has 8 heteroatoms. The van der Waals surface area contributed by atoms with Crippen LogP contribution in [0.2, 0.25) is 0 Å². The number of aromatic nitrogens is 4. The van der Waals surface area contributed by atoms with Gasteiger partial charge in [0, 0.05) is 45.0 Å². The van der Waals surface area contributed by atoms with Crippen molar-refractivity contribution in [1.82, 2.24) is 29.0 Å². The van der Waals surface area contributed by atoms with Crippen molar-refractivity contribution in [2.24, 2.45) is 0 Å². The lowest BCUT2D eigenvalue weighted by Crippen LogP contribution is -2.50. The number of imidazole rings is 1. The van der Waals surface area contributed by atoms with E-state index in [1.165, 1.54) is 0 Å². The Labute approximate surface area is 174 Å². The number of carbonyl (C=O) groups is 1. The molecular formula is C22H26N6O2. The van der Waals surface area contributed by atoms with Crippen LogP contribution in [0.15, 0.2) is 35.3 Å². The van der Waals surface area contributed by atoms with Crippen LogP contribution in [0.3, 0.4) is 0 Å². The minimum Gasteiger partial charge on any atom is -0.335 e. The third-order valence-electron chi connectivity index (χ3n) is 6.22. The topological polar surface area (TPSA) is 75.7 Å². The molecule has 1 aliphatic heterocycles. The molecule has 4 heterocycles. The number of piperazine rings is 1. The molecule has 0 aromatic carbocycles. The standard InChI is InChI=1S/C22H26N6O2/c1-16-21(27-8-3-2-7-19(27)23-16)22(30)26-12-9-25(10-13-26)11-14-28-20(29)15-17-5-4-6-18(17)24-28/h2-3,7-8,15H,4-6,9-14H2,1H3. The number of fused-ring (bicyclic) bond motifs is 2. The summed E-state index contributed by atoms with van der Waals surface area (Å²) in [5.41, 5.74) is 4.39. The van der Waals surface area contributed by atoms with Crippen molar-refractivity contribution in [2.45, 2.75) is 32.7 Å². The highest BCUT2D eigenvalue weighted by Gasteiger charge is 2.26. The minimum absolute atomic E-state index is 0.00690. The lowest BCUT2D eigenvalue weighted by molar-refractivity contribution is 0.0624. The van der Waals surface area contributed by atoms with Gasteiger partial charge >= 0.3 is 0 Å². The van der Waals surface area contributed by atoms with E-state index < -0.39 is 0 Å². The maximum Gasteiger partial charge on any atom is 0.272 e. The Bertz CT molecular complexity index is 1160. The molecule has 3 aromatic rings. The summed E-state index contributed by atoms with van der Waals surface area (Å²) in [7, 11) is 0. The number of carbonyl (C=O) groups excluding carboxylic acids is 1. The molecule has 1 aliphatic carbocycles. The summed E-state index contributed by atoms with van der Waals surface area (Å²) in [6, 6.07) is 7.51. The summed E-state index contributed by atoms with van der Waals surface area (Å²) in [5.74, 6) is 0.0300. The molecule has 1 saturated heterocycles. The molecule has 30 heavy (non-hydrogen) atoms. The second-order valence-electron chi connectivity index (χ2n) is 8.14. The molecule has 156 valence electrons. The normalized spacial score (nSPS) is 16.9. The summed E-state index contributed by atoms with van der Waals surface area (Å²) < 4.78 is 3.47. The molecule has 5 rings (SSSR count). The van der Waals surface area contributed by atoms with E-state index in [2.05, 4.69) is 15.0 Å². The van der Waals surface area contributed by atoms with Crippen molar-refractivity contribution in [3.63, 3.8) is 0 Å². The van der Waals surface area contributed by atoms with Gasteiger partial charge < -0.3 is 4.90 Å². The van der Waals surface area contributed by atoms with Crippen molar-refractivity contribution in [1.29, 1.82) is 0 Å². The molecule has 0 radical (unpaired) electrons. The zero-order valence-corrected chi connectivity index (χ0v) is 17.3. The third-order valence-corrected chi connectivity index (χ3v) is 6.22. The van der Waals surface area contributed by atoms with E-state index in [1.807, 2.05) is 40.6 Å². The van der Waals surface area contributed by atoms with Gasteiger partial charge in [-0.2, -0.15) is 5.10 Å². The molecule has 2 aliphatic rings. The smallest absolute Gasteiger partial charge is 0.272 e. The predicted octanol–water partition coefficient (Wildman–Crippen LogP) is 1.15. The minimum atomic E-state index is -0.00690. The van der Waals surface area contributed by atoms with Gasteiger partial charge in [0.05, 0.1) is 17.9 Å². The van der Waals surface area contributed by atoms with Crippen molar-refractivity contribution >= 4 is 11.6 Å². The van der Waals surface area contributed by atoms with Crippen LogP contribution < -0.4 is 5.56 Å². The lowest BCUT2D eigenvalue weighted by atomic mass is 10.2. The summed E-state index contributed by atoms with van der Waals surface area (Å²) in [6.45, 7) is 6.17. The molecule has 3 aromatic heterocycles. The van der Waals surface area contributed by atoms with E-state index in [0.717, 1.165) is 61.5 Å². The third kappa shape index (κ3) is 3.41. The fourth-order valence-corrected chi connectivity index (χ4v) is 4.53. The average molecular weight is 406 g/mol. The first kappa shape index (κ1) is 19.0. The van der Waals surface area contributed by atoms with Gasteiger partial charge in [0.1, 0.15) is 11.3 Å². The van der Waals surface area contributed by atoms with Crippen molar-refractivity contribution in [2.75, 3.05) is 32.7 Å². The van der Waals surface area contributed by atoms with E-state index in [4.69, 9.17) is 0 Å². The Hall–Kier alpha value is -3.00. The quantitative estimate of drug-likeness (QED) is 0.650. The number of rotatable bonds is 4. The number of pyridine rings is 1. The van der Waals surface area contributed by atoms with E-state index in [1.54, 1.807) is 10.7 Å².